The molecule has 1 heteroatoms. The van der Waals surface area contributed by atoms with Crippen LogP contribution in [0.4, 0.5) is 0 Å². The summed E-state index contributed by atoms with van der Waals surface area (Å²) >= 11 is 0. The Morgan fingerprint density at radius 3 is 2.00 bits per heavy atom. The molecule has 0 fully saturated rings. The molecule has 7 heavy (non-hydrogen) atoms. The van der Waals surface area contributed by atoms with E-state index in [1.54, 1.807) is 0 Å². The van der Waals surface area contributed by atoms with E-state index in [4.69, 9.17) is 5.11 Å². The van der Waals surface area contributed by atoms with Gasteiger partial charge in [-0.15, -0.1) is 0 Å². The van der Waals surface area contributed by atoms with Gasteiger partial charge in [-0.3, -0.25) is 0 Å². The molecule has 0 heterocycles. The van der Waals surface area contributed by atoms with Gasteiger partial charge in [0.2, 0.25) is 0 Å². The predicted octanol–water partition coefficient (Wildman–Crippen LogP) is 1.08. The van der Waals surface area contributed by atoms with Crippen molar-refractivity contribution in [2.75, 3.05) is 6.61 Å². The first-order chi connectivity index (χ1) is 3.18. The summed E-state index contributed by atoms with van der Waals surface area (Å²) in [6.45, 7) is 7.99. The number of hydrogen-bond acceptors (Lipinski definition) is 1. The van der Waals surface area contributed by atoms with E-state index in [0.717, 1.165) is 0 Å². The highest BCUT2D eigenvalue weighted by Gasteiger charge is 2.02. The van der Waals surface area contributed by atoms with Gasteiger partial charge in [-0.25, -0.2) is 0 Å². The maximum Gasteiger partial charge on any atom is 0.0459 e. The van der Waals surface area contributed by atoms with Crippen LogP contribution >= 0.6 is 0 Å². The van der Waals surface area contributed by atoms with Crippen LogP contribution in [0.5, 0.6) is 0 Å². The van der Waals surface area contributed by atoms with Gasteiger partial charge in [-0.1, -0.05) is 20.8 Å². The second-order valence-corrected chi connectivity index (χ2v) is 2.14. The molecule has 0 aromatic heterocycles. The van der Waals surface area contributed by atoms with Gasteiger partial charge in [0.25, 0.3) is 0 Å². The van der Waals surface area contributed by atoms with Crippen LogP contribution in [-0.2, 0) is 0 Å². The lowest BCUT2D eigenvalue weighted by Crippen LogP contribution is -2.07. The summed E-state index contributed by atoms with van der Waals surface area (Å²) in [4.78, 5) is 0. The molecule has 43 valence electrons. The summed E-state index contributed by atoms with van der Waals surface area (Å²) in [6, 6.07) is 0. The Balaban J connectivity index is 3.14. The molecular formula is C6H13O. The number of hydrogen-bond donors (Lipinski definition) is 1. The van der Waals surface area contributed by atoms with Gasteiger partial charge in [-0.2, -0.15) is 0 Å². The van der Waals surface area contributed by atoms with Crippen molar-refractivity contribution in [2.45, 2.75) is 13.8 Å². The van der Waals surface area contributed by atoms with E-state index in [9.17, 15) is 0 Å². The quantitative estimate of drug-likeness (QED) is 0.552. The van der Waals surface area contributed by atoms with E-state index in [2.05, 4.69) is 6.92 Å². The summed E-state index contributed by atoms with van der Waals surface area (Å²) in [5.41, 5.74) is 0. The van der Waals surface area contributed by atoms with Crippen molar-refractivity contribution in [3.8, 4) is 0 Å². The topological polar surface area (TPSA) is 20.2 Å². The molecule has 0 aromatic rings. The highest BCUT2D eigenvalue weighted by Crippen LogP contribution is 2.05. The van der Waals surface area contributed by atoms with Crippen LogP contribution in [0.2, 0.25) is 0 Å². The van der Waals surface area contributed by atoms with Crippen molar-refractivity contribution in [3.05, 3.63) is 6.92 Å². The second-order valence-electron chi connectivity index (χ2n) is 2.14. The van der Waals surface area contributed by atoms with E-state index in [-0.39, 0.29) is 6.61 Å². The Kier molecular flexibility index (Phi) is 3.01. The van der Waals surface area contributed by atoms with Crippen LogP contribution < -0.4 is 0 Å². The third-order valence-corrected chi connectivity index (χ3v) is 1.26. The highest BCUT2D eigenvalue weighted by molar-refractivity contribution is 4.60. The summed E-state index contributed by atoms with van der Waals surface area (Å²) < 4.78 is 0. The molecule has 0 aliphatic carbocycles. The summed E-state index contributed by atoms with van der Waals surface area (Å²) in [6.07, 6.45) is 0. The molecule has 1 nitrogen and oxygen atoms in total. The number of rotatable bonds is 2. The molecule has 0 spiro atoms. The lowest BCUT2D eigenvalue weighted by molar-refractivity contribution is 0.212. The van der Waals surface area contributed by atoms with E-state index < -0.39 is 0 Å². The Hall–Kier alpha value is -0.0400. The van der Waals surface area contributed by atoms with Crippen molar-refractivity contribution in [2.24, 2.45) is 11.8 Å². The summed E-state index contributed by atoms with van der Waals surface area (Å²) in [5, 5.41) is 8.47. The summed E-state index contributed by atoms with van der Waals surface area (Å²) in [5.74, 6) is 0.713. The lowest BCUT2D eigenvalue weighted by atomic mass is 10.00. The third-order valence-electron chi connectivity index (χ3n) is 1.26. The average Bonchev–Trinajstić information content (AvgIpc) is 1.65. The zero-order valence-corrected chi connectivity index (χ0v) is 5.02. The van der Waals surface area contributed by atoms with Gasteiger partial charge < -0.3 is 5.11 Å². The van der Waals surface area contributed by atoms with Crippen molar-refractivity contribution >= 4 is 0 Å². The van der Waals surface area contributed by atoms with Gasteiger partial charge in [0.05, 0.1) is 0 Å². The van der Waals surface area contributed by atoms with Crippen LogP contribution in [0.15, 0.2) is 0 Å². The van der Waals surface area contributed by atoms with Crippen LogP contribution in [0.25, 0.3) is 0 Å². The molecule has 0 rings (SSSR count). The van der Waals surface area contributed by atoms with E-state index in [0.29, 0.717) is 11.8 Å². The Bertz CT molecular complexity index is 41.4. The minimum atomic E-state index is 0.255. The average molecular weight is 101 g/mol. The molecular weight excluding hydrogens is 88.1 g/mol. The zero-order valence-electron chi connectivity index (χ0n) is 5.02. The van der Waals surface area contributed by atoms with Gasteiger partial charge in [0, 0.05) is 6.61 Å². The molecule has 0 bridgehead atoms. The Morgan fingerprint density at radius 1 is 1.57 bits per heavy atom. The largest absolute Gasteiger partial charge is 0.396 e. The predicted molar refractivity (Wildman–Crippen MR) is 30.8 cm³/mol. The molecule has 0 aliphatic heterocycles. The van der Waals surface area contributed by atoms with Crippen LogP contribution in [0.1, 0.15) is 13.8 Å². The minimum absolute atomic E-state index is 0.255. The first-order valence-corrected chi connectivity index (χ1v) is 2.62. The normalized spacial score (nSPS) is 15.0. The summed E-state index contributed by atoms with van der Waals surface area (Å²) in [7, 11) is 0. The standard InChI is InChI=1S/C6H13O/c1-5(2)6(3)4-7/h5-7H,1,4H2,2-3H3. The molecule has 2 atom stereocenters. The Labute approximate surface area is 45.4 Å². The fourth-order valence-electron chi connectivity index (χ4n) is 0.180. The van der Waals surface area contributed by atoms with Gasteiger partial charge in [-0.05, 0) is 11.8 Å². The molecule has 0 amide bonds. The van der Waals surface area contributed by atoms with Crippen molar-refractivity contribution in [1.82, 2.24) is 0 Å². The fraction of sp³-hybridized carbons (Fsp3) is 0.833. The van der Waals surface area contributed by atoms with Crippen LogP contribution in [-0.4, -0.2) is 11.7 Å². The highest BCUT2D eigenvalue weighted by atomic mass is 16.3. The maximum absolute atomic E-state index is 8.47. The molecule has 0 aromatic carbocycles. The third kappa shape index (κ3) is 2.63. The van der Waals surface area contributed by atoms with E-state index >= 15 is 0 Å². The van der Waals surface area contributed by atoms with Crippen LogP contribution in [0, 0.1) is 18.8 Å². The lowest BCUT2D eigenvalue weighted by Gasteiger charge is -2.09. The molecule has 0 saturated heterocycles. The zero-order chi connectivity index (χ0) is 5.86. The Morgan fingerprint density at radius 2 is 2.00 bits per heavy atom. The smallest absolute Gasteiger partial charge is 0.0459 e. The van der Waals surface area contributed by atoms with E-state index in [1.165, 1.54) is 0 Å². The van der Waals surface area contributed by atoms with Crippen molar-refractivity contribution in [3.63, 3.8) is 0 Å². The molecule has 1 N–H and O–H groups in total. The monoisotopic (exact) mass is 101 g/mol. The number of aliphatic hydroxyl groups is 1. The number of aliphatic hydroxyl groups excluding tert-OH is 1. The molecule has 2 unspecified atom stereocenters. The van der Waals surface area contributed by atoms with E-state index in [1.807, 2.05) is 13.8 Å². The first kappa shape index (κ1) is 6.96. The van der Waals surface area contributed by atoms with Crippen LogP contribution in [0.3, 0.4) is 0 Å². The van der Waals surface area contributed by atoms with Crippen molar-refractivity contribution < 1.29 is 5.11 Å². The van der Waals surface area contributed by atoms with Gasteiger partial charge in [0.1, 0.15) is 0 Å². The van der Waals surface area contributed by atoms with Crippen molar-refractivity contribution in [1.29, 1.82) is 0 Å². The fourth-order valence-corrected chi connectivity index (χ4v) is 0.180. The minimum Gasteiger partial charge on any atom is -0.396 e. The molecule has 1 radical (unpaired) electrons. The second kappa shape index (κ2) is 3.03. The first-order valence-electron chi connectivity index (χ1n) is 2.62. The molecule has 0 aliphatic rings. The SMILES string of the molecule is [CH2]C(C)C(C)CO. The van der Waals surface area contributed by atoms with Gasteiger partial charge >= 0.3 is 0 Å². The van der Waals surface area contributed by atoms with Gasteiger partial charge in [0.15, 0.2) is 0 Å². The maximum atomic E-state index is 8.47. The molecule has 0 saturated carbocycles.